The molecule has 0 aliphatic rings. The van der Waals surface area contributed by atoms with Crippen LogP contribution in [0.4, 0.5) is 0 Å². The number of hydrogen-bond donors (Lipinski definition) is 1. The predicted octanol–water partition coefficient (Wildman–Crippen LogP) is 2.83. The molecule has 0 aliphatic carbocycles. The highest BCUT2D eigenvalue weighted by Gasteiger charge is 2.13. The molecule has 1 aromatic heterocycles. The molecule has 100 valence electrons. The Hall–Kier alpha value is -1.75. The quantitative estimate of drug-likeness (QED) is 0.689. The lowest BCUT2D eigenvalue weighted by molar-refractivity contribution is 0.440. The number of para-hydroxylation sites is 1. The van der Waals surface area contributed by atoms with E-state index >= 15 is 0 Å². The molecule has 0 saturated carbocycles. The first-order valence-electron chi connectivity index (χ1n) is 6.17. The van der Waals surface area contributed by atoms with Crippen LogP contribution in [0.1, 0.15) is 20.3 Å². The summed E-state index contributed by atoms with van der Waals surface area (Å²) in [5.41, 5.74) is 0.482. The Labute approximate surface area is 116 Å². The van der Waals surface area contributed by atoms with Crippen molar-refractivity contribution in [3.63, 3.8) is 0 Å². The normalized spacial score (nSPS) is 12.3. The van der Waals surface area contributed by atoms with Crippen LogP contribution in [0, 0.1) is 0 Å². The number of thioether (sulfide) groups is 1. The highest BCUT2D eigenvalue weighted by atomic mass is 32.2. The molecule has 0 fully saturated rings. The third-order valence-electron chi connectivity index (χ3n) is 2.77. The van der Waals surface area contributed by atoms with Crippen molar-refractivity contribution in [2.24, 2.45) is 0 Å². The van der Waals surface area contributed by atoms with Crippen molar-refractivity contribution in [3.8, 4) is 11.6 Å². The van der Waals surface area contributed by atoms with Crippen LogP contribution >= 0.6 is 11.8 Å². The SMILES string of the molecule is CC[C@H](C)Sc1nc(O)cc(=O)n1-c1ccccc1. The van der Waals surface area contributed by atoms with Crippen molar-refractivity contribution >= 4 is 11.8 Å². The number of rotatable bonds is 4. The molecule has 0 saturated heterocycles. The molecule has 4 nitrogen and oxygen atoms in total. The second-order valence-corrected chi connectivity index (χ2v) is 5.65. The van der Waals surface area contributed by atoms with Crippen LogP contribution in [0.15, 0.2) is 46.3 Å². The molecule has 1 heterocycles. The molecule has 19 heavy (non-hydrogen) atoms. The monoisotopic (exact) mass is 276 g/mol. The van der Waals surface area contributed by atoms with Crippen LogP contribution in [0.3, 0.4) is 0 Å². The maximum absolute atomic E-state index is 12.1. The fraction of sp³-hybridized carbons (Fsp3) is 0.286. The standard InChI is InChI=1S/C14H16N2O2S/c1-3-10(2)19-14-15-12(17)9-13(18)16(14)11-7-5-4-6-8-11/h4-10,17H,3H2,1-2H3/t10-/m0/s1. The smallest absolute Gasteiger partial charge is 0.262 e. The van der Waals surface area contributed by atoms with Crippen LogP contribution in [0.25, 0.3) is 5.69 Å². The Balaban J connectivity index is 2.55. The zero-order valence-corrected chi connectivity index (χ0v) is 11.7. The van der Waals surface area contributed by atoms with Crippen molar-refractivity contribution in [2.75, 3.05) is 0 Å². The van der Waals surface area contributed by atoms with Gasteiger partial charge in [0.25, 0.3) is 5.56 Å². The highest BCUT2D eigenvalue weighted by molar-refractivity contribution is 7.99. The molecule has 5 heteroatoms. The van der Waals surface area contributed by atoms with Crippen LogP contribution < -0.4 is 5.56 Å². The van der Waals surface area contributed by atoms with Crippen molar-refractivity contribution in [1.82, 2.24) is 9.55 Å². The van der Waals surface area contributed by atoms with Crippen LogP contribution in [0.2, 0.25) is 0 Å². The molecular weight excluding hydrogens is 260 g/mol. The summed E-state index contributed by atoms with van der Waals surface area (Å²) in [5, 5.41) is 10.4. The lowest BCUT2D eigenvalue weighted by Crippen LogP contribution is -2.20. The Morgan fingerprint density at radius 1 is 1.37 bits per heavy atom. The molecule has 1 atom stereocenters. The van der Waals surface area contributed by atoms with E-state index in [1.54, 1.807) is 0 Å². The topological polar surface area (TPSA) is 55.1 Å². The summed E-state index contributed by atoms with van der Waals surface area (Å²) in [5.74, 6) is -0.233. The Morgan fingerprint density at radius 3 is 2.68 bits per heavy atom. The molecule has 0 unspecified atom stereocenters. The summed E-state index contributed by atoms with van der Waals surface area (Å²) in [7, 11) is 0. The largest absolute Gasteiger partial charge is 0.493 e. The van der Waals surface area contributed by atoms with Gasteiger partial charge in [-0.1, -0.05) is 43.8 Å². The minimum atomic E-state index is -0.274. The van der Waals surface area contributed by atoms with E-state index in [1.165, 1.54) is 16.3 Å². The van der Waals surface area contributed by atoms with Gasteiger partial charge in [0.05, 0.1) is 11.8 Å². The second-order valence-electron chi connectivity index (χ2n) is 4.24. The van der Waals surface area contributed by atoms with Gasteiger partial charge < -0.3 is 5.11 Å². The first-order valence-corrected chi connectivity index (χ1v) is 7.05. The van der Waals surface area contributed by atoms with E-state index in [2.05, 4.69) is 18.8 Å². The van der Waals surface area contributed by atoms with Crippen molar-refractivity contribution in [1.29, 1.82) is 0 Å². The lowest BCUT2D eigenvalue weighted by atomic mass is 10.3. The maximum Gasteiger partial charge on any atom is 0.262 e. The first-order chi connectivity index (χ1) is 9.11. The zero-order valence-electron chi connectivity index (χ0n) is 10.9. The second kappa shape index (κ2) is 5.93. The molecule has 2 rings (SSSR count). The summed E-state index contributed by atoms with van der Waals surface area (Å²) < 4.78 is 1.52. The van der Waals surface area contributed by atoms with Crippen LogP contribution in [-0.2, 0) is 0 Å². The minimum Gasteiger partial charge on any atom is -0.493 e. The number of aromatic hydroxyl groups is 1. The van der Waals surface area contributed by atoms with Gasteiger partial charge in [-0.15, -0.1) is 0 Å². The van der Waals surface area contributed by atoms with Gasteiger partial charge in [-0.2, -0.15) is 4.98 Å². The minimum absolute atomic E-state index is 0.233. The van der Waals surface area contributed by atoms with E-state index < -0.39 is 0 Å². The van der Waals surface area contributed by atoms with E-state index in [9.17, 15) is 9.90 Å². The van der Waals surface area contributed by atoms with Crippen LogP contribution in [-0.4, -0.2) is 19.9 Å². The lowest BCUT2D eigenvalue weighted by Gasteiger charge is -2.14. The fourth-order valence-electron chi connectivity index (χ4n) is 1.61. The molecule has 0 aliphatic heterocycles. The van der Waals surface area contributed by atoms with E-state index in [4.69, 9.17) is 0 Å². The predicted molar refractivity (Wildman–Crippen MR) is 77.1 cm³/mol. The van der Waals surface area contributed by atoms with Gasteiger partial charge in [0.1, 0.15) is 0 Å². The van der Waals surface area contributed by atoms with E-state index in [0.717, 1.165) is 18.2 Å². The van der Waals surface area contributed by atoms with Gasteiger partial charge in [0.2, 0.25) is 5.88 Å². The molecular formula is C14H16N2O2S. The summed E-state index contributed by atoms with van der Waals surface area (Å²) in [6.45, 7) is 4.14. The number of hydrogen-bond acceptors (Lipinski definition) is 4. The number of benzene rings is 1. The number of aromatic nitrogens is 2. The molecule has 1 aromatic carbocycles. The van der Waals surface area contributed by atoms with Gasteiger partial charge >= 0.3 is 0 Å². The molecule has 0 bridgehead atoms. The molecule has 1 N–H and O–H groups in total. The van der Waals surface area contributed by atoms with Gasteiger partial charge in [-0.25, -0.2) is 0 Å². The Bertz CT molecular complexity index is 611. The third kappa shape index (κ3) is 3.17. The van der Waals surface area contributed by atoms with Crippen molar-refractivity contribution in [3.05, 3.63) is 46.8 Å². The average molecular weight is 276 g/mol. The van der Waals surface area contributed by atoms with Gasteiger partial charge in [0, 0.05) is 5.25 Å². The highest BCUT2D eigenvalue weighted by Crippen LogP contribution is 2.25. The van der Waals surface area contributed by atoms with E-state index in [-0.39, 0.29) is 11.4 Å². The summed E-state index contributed by atoms with van der Waals surface area (Å²) in [6.07, 6.45) is 0.963. The summed E-state index contributed by atoms with van der Waals surface area (Å²) >= 11 is 1.49. The van der Waals surface area contributed by atoms with Crippen LogP contribution in [0.5, 0.6) is 5.88 Å². The molecule has 0 radical (unpaired) electrons. The van der Waals surface area contributed by atoms with Gasteiger partial charge in [0.15, 0.2) is 5.16 Å². The summed E-state index contributed by atoms with van der Waals surface area (Å²) in [4.78, 5) is 16.2. The summed E-state index contributed by atoms with van der Waals surface area (Å²) in [6, 6.07) is 10.5. The van der Waals surface area contributed by atoms with E-state index in [1.807, 2.05) is 30.3 Å². The van der Waals surface area contributed by atoms with Gasteiger partial charge in [-0.05, 0) is 18.6 Å². The Morgan fingerprint density at radius 2 is 2.05 bits per heavy atom. The number of nitrogens with zero attached hydrogens (tertiary/aromatic N) is 2. The molecule has 2 aromatic rings. The molecule has 0 spiro atoms. The average Bonchev–Trinajstić information content (AvgIpc) is 2.39. The fourth-order valence-corrected chi connectivity index (χ4v) is 2.58. The van der Waals surface area contributed by atoms with Crippen molar-refractivity contribution < 1.29 is 5.11 Å². The van der Waals surface area contributed by atoms with Crippen molar-refractivity contribution in [2.45, 2.75) is 30.7 Å². The van der Waals surface area contributed by atoms with Gasteiger partial charge in [-0.3, -0.25) is 9.36 Å². The zero-order chi connectivity index (χ0) is 13.8. The Kier molecular flexibility index (Phi) is 4.27. The maximum atomic E-state index is 12.1. The van der Waals surface area contributed by atoms with E-state index in [0.29, 0.717) is 10.4 Å². The third-order valence-corrected chi connectivity index (χ3v) is 3.99. The molecule has 0 amide bonds. The first kappa shape index (κ1) is 13.7.